The summed E-state index contributed by atoms with van der Waals surface area (Å²) >= 11 is 0. The molecule has 0 fully saturated rings. The van der Waals surface area contributed by atoms with Crippen molar-refractivity contribution < 1.29 is 14.3 Å². The number of carbonyl (C=O) groups is 1. The molecule has 0 amide bonds. The van der Waals surface area contributed by atoms with E-state index >= 15 is 0 Å². The summed E-state index contributed by atoms with van der Waals surface area (Å²) in [7, 11) is 0. The maximum atomic E-state index is 12.2. The molecule has 0 saturated carbocycles. The van der Waals surface area contributed by atoms with Crippen molar-refractivity contribution in [3.8, 4) is 11.6 Å². The number of nitrogen functional groups attached to an aromatic ring is 1. The molecule has 0 atom stereocenters. The van der Waals surface area contributed by atoms with Gasteiger partial charge in [-0.15, -0.1) is 0 Å². The number of anilines is 3. The standard InChI is InChI=1S/C23H20N4O3/c1-2-29-23(28)17-11-5-6-12-18(17)27-21-20(24)22(26-14-25-21)30-19-13-7-9-15-8-3-4-10-16(15)19/h3-14H,2,24H2,1H3,(H,25,26,27). The van der Waals surface area contributed by atoms with E-state index in [2.05, 4.69) is 15.3 Å². The molecule has 0 aliphatic heterocycles. The first-order valence-electron chi connectivity index (χ1n) is 9.46. The van der Waals surface area contributed by atoms with Crippen LogP contribution in [0, 0.1) is 0 Å². The number of para-hydroxylation sites is 1. The Morgan fingerprint density at radius 2 is 1.77 bits per heavy atom. The average molecular weight is 400 g/mol. The van der Waals surface area contributed by atoms with Gasteiger partial charge in [0.1, 0.15) is 17.8 Å². The van der Waals surface area contributed by atoms with Crippen LogP contribution in [0.4, 0.5) is 17.2 Å². The predicted molar refractivity (Wildman–Crippen MR) is 116 cm³/mol. The monoisotopic (exact) mass is 400 g/mol. The van der Waals surface area contributed by atoms with Crippen LogP contribution in [0.3, 0.4) is 0 Å². The van der Waals surface area contributed by atoms with Crippen molar-refractivity contribution in [2.75, 3.05) is 17.7 Å². The van der Waals surface area contributed by atoms with Crippen LogP contribution in [-0.2, 0) is 4.74 Å². The van der Waals surface area contributed by atoms with Crippen LogP contribution in [-0.4, -0.2) is 22.5 Å². The summed E-state index contributed by atoms with van der Waals surface area (Å²) in [5.74, 6) is 0.756. The van der Waals surface area contributed by atoms with Gasteiger partial charge in [0.2, 0.25) is 5.88 Å². The zero-order chi connectivity index (χ0) is 20.9. The van der Waals surface area contributed by atoms with Crippen LogP contribution in [0.2, 0.25) is 0 Å². The number of hydrogen-bond acceptors (Lipinski definition) is 7. The van der Waals surface area contributed by atoms with E-state index in [0.29, 0.717) is 22.8 Å². The van der Waals surface area contributed by atoms with E-state index in [4.69, 9.17) is 15.2 Å². The lowest BCUT2D eigenvalue weighted by Crippen LogP contribution is -2.09. The van der Waals surface area contributed by atoms with E-state index in [1.54, 1.807) is 31.2 Å². The number of rotatable bonds is 6. The van der Waals surface area contributed by atoms with E-state index in [1.807, 2.05) is 42.5 Å². The number of nitrogens with one attached hydrogen (secondary N) is 1. The summed E-state index contributed by atoms with van der Waals surface area (Å²) in [4.78, 5) is 20.6. The third kappa shape index (κ3) is 3.86. The fourth-order valence-corrected chi connectivity index (χ4v) is 3.06. The number of nitrogens with two attached hydrogens (primary N) is 1. The Labute approximate surface area is 173 Å². The summed E-state index contributed by atoms with van der Waals surface area (Å²) in [6.07, 6.45) is 1.35. The van der Waals surface area contributed by atoms with Crippen LogP contribution in [0.15, 0.2) is 73.1 Å². The molecule has 3 N–H and O–H groups in total. The van der Waals surface area contributed by atoms with Crippen molar-refractivity contribution in [1.29, 1.82) is 0 Å². The Morgan fingerprint density at radius 3 is 2.63 bits per heavy atom. The molecule has 0 bridgehead atoms. The smallest absolute Gasteiger partial charge is 0.340 e. The van der Waals surface area contributed by atoms with E-state index in [-0.39, 0.29) is 18.2 Å². The molecule has 3 aromatic carbocycles. The second-order valence-corrected chi connectivity index (χ2v) is 6.41. The molecule has 0 radical (unpaired) electrons. The molecular weight excluding hydrogens is 380 g/mol. The lowest BCUT2D eigenvalue weighted by Gasteiger charge is -2.14. The molecule has 0 saturated heterocycles. The maximum absolute atomic E-state index is 12.2. The van der Waals surface area contributed by atoms with Gasteiger partial charge in [0.25, 0.3) is 0 Å². The lowest BCUT2D eigenvalue weighted by atomic mass is 10.1. The molecule has 150 valence electrons. The van der Waals surface area contributed by atoms with Gasteiger partial charge in [-0.3, -0.25) is 0 Å². The van der Waals surface area contributed by atoms with Crippen molar-refractivity contribution in [1.82, 2.24) is 9.97 Å². The number of esters is 1. The Bertz CT molecular complexity index is 1200. The van der Waals surface area contributed by atoms with E-state index in [1.165, 1.54) is 6.33 Å². The van der Waals surface area contributed by atoms with Crippen molar-refractivity contribution in [3.05, 3.63) is 78.6 Å². The van der Waals surface area contributed by atoms with Crippen molar-refractivity contribution in [2.45, 2.75) is 6.92 Å². The Hall–Kier alpha value is -4.13. The minimum absolute atomic E-state index is 0.220. The van der Waals surface area contributed by atoms with Gasteiger partial charge in [0.15, 0.2) is 5.82 Å². The van der Waals surface area contributed by atoms with Gasteiger partial charge < -0.3 is 20.5 Å². The van der Waals surface area contributed by atoms with Crippen LogP contribution >= 0.6 is 0 Å². The summed E-state index contributed by atoms with van der Waals surface area (Å²) in [6, 6.07) is 20.6. The Balaban J connectivity index is 1.66. The first kappa shape index (κ1) is 19.2. The van der Waals surface area contributed by atoms with Crippen LogP contribution < -0.4 is 15.8 Å². The molecular formula is C23H20N4O3. The van der Waals surface area contributed by atoms with Gasteiger partial charge in [-0.1, -0.05) is 48.5 Å². The first-order chi connectivity index (χ1) is 14.7. The largest absolute Gasteiger partial charge is 0.462 e. The van der Waals surface area contributed by atoms with Gasteiger partial charge >= 0.3 is 5.97 Å². The number of aromatic nitrogens is 2. The van der Waals surface area contributed by atoms with Gasteiger partial charge in [-0.2, -0.15) is 4.98 Å². The normalized spacial score (nSPS) is 10.6. The first-order valence-corrected chi connectivity index (χ1v) is 9.46. The van der Waals surface area contributed by atoms with Gasteiger partial charge in [0, 0.05) is 5.39 Å². The van der Waals surface area contributed by atoms with Gasteiger partial charge in [-0.25, -0.2) is 9.78 Å². The third-order valence-electron chi connectivity index (χ3n) is 4.48. The minimum atomic E-state index is -0.430. The highest BCUT2D eigenvalue weighted by Gasteiger charge is 2.16. The quantitative estimate of drug-likeness (QED) is 0.443. The number of hydrogen-bond donors (Lipinski definition) is 2. The summed E-state index contributed by atoms with van der Waals surface area (Å²) in [5, 5.41) is 5.08. The Kier molecular flexibility index (Phi) is 5.43. The fourth-order valence-electron chi connectivity index (χ4n) is 3.06. The molecule has 0 aliphatic rings. The average Bonchev–Trinajstić information content (AvgIpc) is 2.77. The van der Waals surface area contributed by atoms with Gasteiger partial charge in [0.05, 0.1) is 17.9 Å². The van der Waals surface area contributed by atoms with Crippen LogP contribution in [0.5, 0.6) is 11.6 Å². The number of benzene rings is 3. The highest BCUT2D eigenvalue weighted by atomic mass is 16.5. The molecule has 0 unspecified atom stereocenters. The molecule has 1 heterocycles. The molecule has 1 aromatic heterocycles. The van der Waals surface area contributed by atoms with E-state index < -0.39 is 5.97 Å². The Morgan fingerprint density at radius 1 is 1.00 bits per heavy atom. The van der Waals surface area contributed by atoms with E-state index in [9.17, 15) is 4.79 Å². The number of fused-ring (bicyclic) bond motifs is 1. The SMILES string of the molecule is CCOC(=O)c1ccccc1Nc1ncnc(Oc2cccc3ccccc23)c1N. The topological polar surface area (TPSA) is 99.4 Å². The minimum Gasteiger partial charge on any atom is -0.462 e. The molecule has 0 aliphatic carbocycles. The maximum Gasteiger partial charge on any atom is 0.340 e. The summed E-state index contributed by atoms with van der Waals surface area (Å²) in [5.41, 5.74) is 7.41. The second-order valence-electron chi connectivity index (χ2n) is 6.41. The zero-order valence-electron chi connectivity index (χ0n) is 16.3. The van der Waals surface area contributed by atoms with Crippen molar-refractivity contribution >= 4 is 33.9 Å². The molecule has 7 heteroatoms. The molecule has 4 aromatic rings. The number of nitrogens with zero attached hydrogens (tertiary/aromatic N) is 2. The van der Waals surface area contributed by atoms with Crippen molar-refractivity contribution in [2.24, 2.45) is 0 Å². The second kappa shape index (κ2) is 8.48. The highest BCUT2D eigenvalue weighted by Crippen LogP contribution is 2.34. The molecule has 30 heavy (non-hydrogen) atoms. The fraction of sp³-hybridized carbons (Fsp3) is 0.0870. The summed E-state index contributed by atoms with van der Waals surface area (Å²) in [6.45, 7) is 2.04. The van der Waals surface area contributed by atoms with Crippen LogP contribution in [0.1, 0.15) is 17.3 Å². The van der Waals surface area contributed by atoms with Crippen molar-refractivity contribution in [3.63, 3.8) is 0 Å². The summed E-state index contributed by atoms with van der Waals surface area (Å²) < 4.78 is 11.1. The zero-order valence-corrected chi connectivity index (χ0v) is 16.3. The van der Waals surface area contributed by atoms with Gasteiger partial charge in [-0.05, 0) is 30.5 Å². The third-order valence-corrected chi connectivity index (χ3v) is 4.48. The van der Waals surface area contributed by atoms with Crippen LogP contribution in [0.25, 0.3) is 10.8 Å². The number of ether oxygens (including phenoxy) is 2. The number of carbonyl (C=O) groups excluding carboxylic acids is 1. The van der Waals surface area contributed by atoms with E-state index in [0.717, 1.165) is 10.8 Å². The molecule has 4 rings (SSSR count). The highest BCUT2D eigenvalue weighted by molar-refractivity contribution is 5.97. The molecule has 7 nitrogen and oxygen atoms in total. The lowest BCUT2D eigenvalue weighted by molar-refractivity contribution is 0.0527. The molecule has 0 spiro atoms. The predicted octanol–water partition coefficient (Wildman–Crippen LogP) is 4.92.